The van der Waals surface area contributed by atoms with Gasteiger partial charge in [0.1, 0.15) is 12.1 Å². The van der Waals surface area contributed by atoms with E-state index in [1.54, 1.807) is 17.2 Å². The summed E-state index contributed by atoms with van der Waals surface area (Å²) in [7, 11) is 0. The summed E-state index contributed by atoms with van der Waals surface area (Å²) < 4.78 is 1.71. The van der Waals surface area contributed by atoms with Crippen LogP contribution in [0.25, 0.3) is 5.82 Å². The summed E-state index contributed by atoms with van der Waals surface area (Å²) in [5.74, 6) is 1.54. The first kappa shape index (κ1) is 17.2. The van der Waals surface area contributed by atoms with E-state index in [-0.39, 0.29) is 11.8 Å². The van der Waals surface area contributed by atoms with Crippen LogP contribution in [-0.4, -0.2) is 38.7 Å². The van der Waals surface area contributed by atoms with E-state index in [0.717, 1.165) is 42.3 Å². The highest BCUT2D eigenvalue weighted by Gasteiger charge is 2.27. The molecule has 3 heterocycles. The van der Waals surface area contributed by atoms with Crippen LogP contribution < -0.4 is 10.2 Å². The molecule has 1 unspecified atom stereocenters. The van der Waals surface area contributed by atoms with Crippen LogP contribution in [0, 0.1) is 12.8 Å². The fraction of sp³-hybridized carbons (Fsp3) is 0.300. The van der Waals surface area contributed by atoms with Crippen molar-refractivity contribution in [1.82, 2.24) is 19.7 Å². The Morgan fingerprint density at radius 3 is 2.85 bits per heavy atom. The monoisotopic (exact) mass is 362 g/mol. The third-order valence-electron chi connectivity index (χ3n) is 4.90. The van der Waals surface area contributed by atoms with E-state index in [4.69, 9.17) is 0 Å². The molecule has 7 heteroatoms. The molecular formula is C20H22N6O. The third kappa shape index (κ3) is 3.81. The first-order valence-corrected chi connectivity index (χ1v) is 9.14. The number of piperidine rings is 1. The largest absolute Gasteiger partial charge is 0.356 e. The first-order valence-electron chi connectivity index (χ1n) is 9.14. The molecule has 138 valence electrons. The lowest BCUT2D eigenvalue weighted by molar-refractivity contribution is -0.120. The number of amides is 1. The number of hydrogen-bond donors (Lipinski definition) is 1. The van der Waals surface area contributed by atoms with Gasteiger partial charge in [-0.05, 0) is 37.5 Å². The van der Waals surface area contributed by atoms with Gasteiger partial charge in [0.15, 0.2) is 5.82 Å². The second kappa shape index (κ2) is 7.57. The highest BCUT2D eigenvalue weighted by molar-refractivity contribution is 5.93. The van der Waals surface area contributed by atoms with Crippen LogP contribution in [0.3, 0.4) is 0 Å². The van der Waals surface area contributed by atoms with E-state index in [1.165, 1.54) is 0 Å². The van der Waals surface area contributed by atoms with Crippen molar-refractivity contribution in [3.63, 3.8) is 0 Å². The lowest BCUT2D eigenvalue weighted by Gasteiger charge is -2.33. The smallest absolute Gasteiger partial charge is 0.229 e. The summed E-state index contributed by atoms with van der Waals surface area (Å²) in [5.41, 5.74) is 1.95. The number of carbonyl (C=O) groups is 1. The molecule has 1 aliphatic heterocycles. The molecule has 1 fully saturated rings. The Bertz CT molecular complexity index is 924. The SMILES string of the molecule is Cc1ccccc1NC(=O)C1CCCN(c2cc(-n3cccn3)ncn2)C1. The van der Waals surface area contributed by atoms with Gasteiger partial charge in [-0.15, -0.1) is 0 Å². The van der Waals surface area contributed by atoms with Crippen molar-refractivity contribution in [1.29, 1.82) is 0 Å². The second-order valence-corrected chi connectivity index (χ2v) is 6.77. The predicted molar refractivity (Wildman–Crippen MR) is 104 cm³/mol. The number of aryl methyl sites for hydroxylation is 1. The number of hydrogen-bond acceptors (Lipinski definition) is 5. The number of carbonyl (C=O) groups excluding carboxylic acids is 1. The van der Waals surface area contributed by atoms with Crippen molar-refractivity contribution < 1.29 is 4.79 Å². The van der Waals surface area contributed by atoms with Gasteiger partial charge < -0.3 is 10.2 Å². The van der Waals surface area contributed by atoms with Gasteiger partial charge in [0.05, 0.1) is 5.92 Å². The molecule has 2 aromatic heterocycles. The van der Waals surface area contributed by atoms with Crippen molar-refractivity contribution in [2.75, 3.05) is 23.3 Å². The Balaban J connectivity index is 1.47. The van der Waals surface area contributed by atoms with Crippen LogP contribution in [-0.2, 0) is 4.79 Å². The van der Waals surface area contributed by atoms with Gasteiger partial charge in [-0.25, -0.2) is 14.6 Å². The van der Waals surface area contributed by atoms with Gasteiger partial charge in [-0.3, -0.25) is 4.79 Å². The van der Waals surface area contributed by atoms with Crippen molar-refractivity contribution in [2.24, 2.45) is 5.92 Å². The lowest BCUT2D eigenvalue weighted by Crippen LogP contribution is -2.41. The van der Waals surface area contributed by atoms with Crippen LogP contribution in [0.15, 0.2) is 55.1 Å². The summed E-state index contributed by atoms with van der Waals surface area (Å²) in [6, 6.07) is 11.6. The highest BCUT2D eigenvalue weighted by atomic mass is 16.1. The molecule has 0 saturated carbocycles. The minimum atomic E-state index is -0.0681. The van der Waals surface area contributed by atoms with E-state index >= 15 is 0 Å². The first-order chi connectivity index (χ1) is 13.2. The quantitative estimate of drug-likeness (QED) is 0.772. The summed E-state index contributed by atoms with van der Waals surface area (Å²) >= 11 is 0. The van der Waals surface area contributed by atoms with E-state index in [1.807, 2.05) is 49.5 Å². The Hall–Kier alpha value is -3.22. The fourth-order valence-corrected chi connectivity index (χ4v) is 3.39. The van der Waals surface area contributed by atoms with Gasteiger partial charge in [0.25, 0.3) is 0 Å². The van der Waals surface area contributed by atoms with Gasteiger partial charge in [0, 0.05) is 37.2 Å². The van der Waals surface area contributed by atoms with Crippen LogP contribution in [0.4, 0.5) is 11.5 Å². The molecule has 0 aliphatic carbocycles. The van der Waals surface area contributed by atoms with E-state index < -0.39 is 0 Å². The molecule has 27 heavy (non-hydrogen) atoms. The summed E-state index contributed by atoms with van der Waals surface area (Å²) in [6.07, 6.45) is 6.94. The van der Waals surface area contributed by atoms with Gasteiger partial charge in [-0.1, -0.05) is 18.2 Å². The molecule has 1 aromatic carbocycles. The van der Waals surface area contributed by atoms with Crippen LogP contribution in [0.2, 0.25) is 0 Å². The van der Waals surface area contributed by atoms with Crippen molar-refractivity contribution in [2.45, 2.75) is 19.8 Å². The predicted octanol–water partition coefficient (Wildman–Crippen LogP) is 2.83. The van der Waals surface area contributed by atoms with Gasteiger partial charge >= 0.3 is 0 Å². The number of benzene rings is 1. The molecule has 0 bridgehead atoms. The number of nitrogens with one attached hydrogen (secondary N) is 1. The van der Waals surface area contributed by atoms with Crippen molar-refractivity contribution in [3.05, 3.63) is 60.7 Å². The number of aromatic nitrogens is 4. The van der Waals surface area contributed by atoms with Crippen molar-refractivity contribution >= 4 is 17.4 Å². The number of rotatable bonds is 4. The zero-order chi connectivity index (χ0) is 18.6. The zero-order valence-electron chi connectivity index (χ0n) is 15.2. The minimum Gasteiger partial charge on any atom is -0.356 e. The summed E-state index contributed by atoms with van der Waals surface area (Å²) in [5, 5.41) is 7.29. The minimum absolute atomic E-state index is 0.0651. The Morgan fingerprint density at radius 2 is 2.04 bits per heavy atom. The third-order valence-corrected chi connectivity index (χ3v) is 4.90. The van der Waals surface area contributed by atoms with E-state index in [2.05, 4.69) is 25.3 Å². The summed E-state index contributed by atoms with van der Waals surface area (Å²) in [4.78, 5) is 23.6. The molecule has 0 radical (unpaired) electrons. The van der Waals surface area contributed by atoms with E-state index in [0.29, 0.717) is 6.54 Å². The number of nitrogens with zero attached hydrogens (tertiary/aromatic N) is 5. The maximum Gasteiger partial charge on any atom is 0.229 e. The van der Waals surface area contributed by atoms with Crippen LogP contribution >= 0.6 is 0 Å². The molecule has 4 rings (SSSR count). The van der Waals surface area contributed by atoms with Crippen LogP contribution in [0.1, 0.15) is 18.4 Å². The lowest BCUT2D eigenvalue weighted by atomic mass is 9.97. The molecule has 1 aliphatic rings. The fourth-order valence-electron chi connectivity index (χ4n) is 3.39. The Labute approximate surface area is 158 Å². The maximum atomic E-state index is 12.8. The van der Waals surface area contributed by atoms with Gasteiger partial charge in [-0.2, -0.15) is 5.10 Å². The molecule has 1 atom stereocenters. The van der Waals surface area contributed by atoms with E-state index in [9.17, 15) is 4.79 Å². The standard InChI is InChI=1S/C20H22N6O/c1-15-6-2-3-8-17(15)24-20(27)16-7-4-10-25(13-16)18-12-19(22-14-21-18)26-11-5-9-23-26/h2-3,5-6,8-9,11-12,14,16H,4,7,10,13H2,1H3,(H,24,27). The normalized spacial score (nSPS) is 16.9. The summed E-state index contributed by atoms with van der Waals surface area (Å²) in [6.45, 7) is 3.53. The van der Waals surface area contributed by atoms with Crippen LogP contribution in [0.5, 0.6) is 0 Å². The topological polar surface area (TPSA) is 75.9 Å². The molecule has 7 nitrogen and oxygen atoms in total. The molecule has 1 amide bonds. The highest BCUT2D eigenvalue weighted by Crippen LogP contribution is 2.24. The maximum absolute atomic E-state index is 12.8. The molecular weight excluding hydrogens is 340 g/mol. The average Bonchev–Trinajstić information content (AvgIpc) is 3.25. The Morgan fingerprint density at radius 1 is 1.19 bits per heavy atom. The Kier molecular flexibility index (Phi) is 4.82. The molecule has 3 aromatic rings. The number of anilines is 2. The van der Waals surface area contributed by atoms with Gasteiger partial charge in [0.2, 0.25) is 5.91 Å². The zero-order valence-corrected chi connectivity index (χ0v) is 15.2. The molecule has 0 spiro atoms. The molecule has 1 N–H and O–H groups in total. The second-order valence-electron chi connectivity index (χ2n) is 6.77. The number of para-hydroxylation sites is 1. The molecule has 1 saturated heterocycles. The average molecular weight is 362 g/mol. The van der Waals surface area contributed by atoms with Crippen molar-refractivity contribution in [3.8, 4) is 5.82 Å².